The zero-order valence-electron chi connectivity index (χ0n) is 11.6. The molecule has 0 bridgehead atoms. The molecule has 0 spiro atoms. The maximum absolute atomic E-state index is 11.1. The molecule has 102 valence electrons. The molecule has 1 aliphatic carbocycles. The maximum atomic E-state index is 11.1. The third-order valence-corrected chi connectivity index (χ3v) is 5.10. The first-order valence-electron chi connectivity index (χ1n) is 6.73. The van der Waals surface area contributed by atoms with Gasteiger partial charge in [0.25, 0.3) is 0 Å². The highest BCUT2D eigenvalue weighted by atomic mass is 32.2. The largest absolute Gasteiger partial charge is 0.311 e. The van der Waals surface area contributed by atoms with Gasteiger partial charge in [0.05, 0.1) is 5.75 Å². The number of hydrogen-bond donors (Lipinski definition) is 1. The zero-order chi connectivity index (χ0) is 13.1. The molecule has 3 nitrogen and oxygen atoms in total. The third kappa shape index (κ3) is 5.38. The Bertz CT molecular complexity index is 326. The van der Waals surface area contributed by atoms with E-state index in [4.69, 9.17) is 0 Å². The van der Waals surface area contributed by atoms with Crippen molar-refractivity contribution in [3.05, 3.63) is 0 Å². The molecule has 1 fully saturated rings. The first-order chi connectivity index (χ1) is 7.79. The number of sulfone groups is 1. The summed E-state index contributed by atoms with van der Waals surface area (Å²) in [6.45, 7) is 6.72. The molecule has 4 atom stereocenters. The second-order valence-electron chi connectivity index (χ2n) is 5.86. The van der Waals surface area contributed by atoms with Crippen LogP contribution in [0.25, 0.3) is 0 Å². The highest BCUT2D eigenvalue weighted by molar-refractivity contribution is 7.90. The minimum atomic E-state index is -2.82. The molecule has 0 aliphatic heterocycles. The average molecular weight is 261 g/mol. The van der Waals surface area contributed by atoms with E-state index in [1.807, 2.05) is 0 Å². The summed E-state index contributed by atoms with van der Waals surface area (Å²) < 4.78 is 22.2. The maximum Gasteiger partial charge on any atom is 0.147 e. The lowest BCUT2D eigenvalue weighted by atomic mass is 9.78. The molecule has 0 amide bonds. The molecule has 0 radical (unpaired) electrons. The Balaban J connectivity index is 2.37. The Kier molecular flexibility index (Phi) is 5.45. The second kappa shape index (κ2) is 6.19. The summed E-state index contributed by atoms with van der Waals surface area (Å²) in [5, 5.41) is 3.61. The lowest BCUT2D eigenvalue weighted by Gasteiger charge is -2.36. The van der Waals surface area contributed by atoms with E-state index in [1.54, 1.807) is 0 Å². The molecule has 0 aromatic carbocycles. The van der Waals surface area contributed by atoms with Gasteiger partial charge in [-0.3, -0.25) is 0 Å². The van der Waals surface area contributed by atoms with E-state index in [0.29, 0.717) is 18.0 Å². The van der Waals surface area contributed by atoms with Crippen LogP contribution in [0.5, 0.6) is 0 Å². The normalized spacial score (nSPS) is 32.4. The van der Waals surface area contributed by atoms with Crippen LogP contribution in [-0.4, -0.2) is 32.5 Å². The molecular formula is C13H27NO2S. The van der Waals surface area contributed by atoms with Gasteiger partial charge in [-0.15, -0.1) is 0 Å². The standard InChI is InChI=1S/C13H27NO2S/c1-10-6-5-7-13(12(10)3)14-11(2)8-9-17(4,15)16/h10-14H,5-9H2,1-4H3/t10-,11+,12+,13+/m0/s1. The van der Waals surface area contributed by atoms with Crippen molar-refractivity contribution in [1.82, 2.24) is 5.32 Å². The Labute approximate surface area is 106 Å². The van der Waals surface area contributed by atoms with E-state index < -0.39 is 9.84 Å². The zero-order valence-corrected chi connectivity index (χ0v) is 12.4. The summed E-state index contributed by atoms with van der Waals surface area (Å²) in [5.41, 5.74) is 0. The van der Waals surface area contributed by atoms with Gasteiger partial charge in [0.1, 0.15) is 9.84 Å². The predicted molar refractivity (Wildman–Crippen MR) is 72.9 cm³/mol. The molecule has 0 heterocycles. The van der Waals surface area contributed by atoms with Crippen molar-refractivity contribution < 1.29 is 8.42 Å². The van der Waals surface area contributed by atoms with Crippen LogP contribution >= 0.6 is 0 Å². The van der Waals surface area contributed by atoms with Crippen molar-refractivity contribution in [3.63, 3.8) is 0 Å². The van der Waals surface area contributed by atoms with Crippen molar-refractivity contribution in [3.8, 4) is 0 Å². The van der Waals surface area contributed by atoms with Crippen LogP contribution in [0.2, 0.25) is 0 Å². The first kappa shape index (κ1) is 15.0. The number of hydrogen-bond acceptors (Lipinski definition) is 3. The van der Waals surface area contributed by atoms with Gasteiger partial charge in [-0.05, 0) is 31.6 Å². The highest BCUT2D eigenvalue weighted by Crippen LogP contribution is 2.29. The first-order valence-corrected chi connectivity index (χ1v) is 8.79. The smallest absolute Gasteiger partial charge is 0.147 e. The van der Waals surface area contributed by atoms with Crippen molar-refractivity contribution in [2.45, 2.75) is 58.5 Å². The van der Waals surface area contributed by atoms with Crippen LogP contribution in [0.3, 0.4) is 0 Å². The Hall–Kier alpha value is -0.0900. The van der Waals surface area contributed by atoms with E-state index in [9.17, 15) is 8.42 Å². The molecule has 1 aliphatic rings. The van der Waals surface area contributed by atoms with Gasteiger partial charge in [-0.2, -0.15) is 0 Å². The molecular weight excluding hydrogens is 234 g/mol. The average Bonchev–Trinajstić information content (AvgIpc) is 2.21. The lowest BCUT2D eigenvalue weighted by Crippen LogP contribution is -2.45. The molecule has 0 unspecified atom stereocenters. The molecule has 1 saturated carbocycles. The summed E-state index contributed by atoms with van der Waals surface area (Å²) in [5.74, 6) is 1.77. The van der Waals surface area contributed by atoms with Crippen LogP contribution in [0, 0.1) is 11.8 Å². The summed E-state index contributed by atoms with van der Waals surface area (Å²) in [4.78, 5) is 0. The molecule has 1 rings (SSSR count). The van der Waals surface area contributed by atoms with Crippen molar-refractivity contribution in [1.29, 1.82) is 0 Å². The highest BCUT2D eigenvalue weighted by Gasteiger charge is 2.27. The molecule has 4 heteroatoms. The van der Waals surface area contributed by atoms with Gasteiger partial charge >= 0.3 is 0 Å². The Morgan fingerprint density at radius 1 is 1.29 bits per heavy atom. The van der Waals surface area contributed by atoms with Gasteiger partial charge in [0.2, 0.25) is 0 Å². The monoisotopic (exact) mass is 261 g/mol. The van der Waals surface area contributed by atoms with Crippen LogP contribution in [-0.2, 0) is 9.84 Å². The fraction of sp³-hybridized carbons (Fsp3) is 1.00. The second-order valence-corrected chi connectivity index (χ2v) is 8.12. The quantitative estimate of drug-likeness (QED) is 0.825. The fourth-order valence-electron chi connectivity index (χ4n) is 2.66. The van der Waals surface area contributed by atoms with Gasteiger partial charge in [0, 0.05) is 18.3 Å². The van der Waals surface area contributed by atoms with Gasteiger partial charge in [0.15, 0.2) is 0 Å². The van der Waals surface area contributed by atoms with E-state index >= 15 is 0 Å². The van der Waals surface area contributed by atoms with E-state index in [0.717, 1.165) is 12.3 Å². The van der Waals surface area contributed by atoms with Crippen LogP contribution in [0.15, 0.2) is 0 Å². The fourth-order valence-corrected chi connectivity index (χ4v) is 3.44. The Morgan fingerprint density at radius 3 is 2.53 bits per heavy atom. The van der Waals surface area contributed by atoms with Gasteiger partial charge in [-0.1, -0.05) is 26.7 Å². The molecule has 17 heavy (non-hydrogen) atoms. The van der Waals surface area contributed by atoms with E-state index in [-0.39, 0.29) is 5.75 Å². The van der Waals surface area contributed by atoms with Crippen molar-refractivity contribution >= 4 is 9.84 Å². The van der Waals surface area contributed by atoms with Crippen LogP contribution in [0.1, 0.15) is 46.5 Å². The van der Waals surface area contributed by atoms with Crippen molar-refractivity contribution in [2.75, 3.05) is 12.0 Å². The van der Waals surface area contributed by atoms with E-state index in [2.05, 4.69) is 26.1 Å². The van der Waals surface area contributed by atoms with Gasteiger partial charge in [-0.25, -0.2) is 8.42 Å². The van der Waals surface area contributed by atoms with Gasteiger partial charge < -0.3 is 5.32 Å². The van der Waals surface area contributed by atoms with Crippen LogP contribution in [0.4, 0.5) is 0 Å². The third-order valence-electron chi connectivity index (χ3n) is 4.13. The minimum Gasteiger partial charge on any atom is -0.311 e. The molecule has 0 saturated heterocycles. The molecule has 1 N–H and O–H groups in total. The van der Waals surface area contributed by atoms with E-state index in [1.165, 1.54) is 25.5 Å². The van der Waals surface area contributed by atoms with Crippen LogP contribution < -0.4 is 5.32 Å². The Morgan fingerprint density at radius 2 is 1.94 bits per heavy atom. The summed E-state index contributed by atoms with van der Waals surface area (Å²) in [6, 6.07) is 0.857. The molecule has 0 aromatic heterocycles. The summed E-state index contributed by atoms with van der Waals surface area (Å²) >= 11 is 0. The SMILES string of the molecule is C[C@@H]1[C@@H](C)CCC[C@H]1N[C@H](C)CCS(C)(=O)=O. The topological polar surface area (TPSA) is 46.2 Å². The summed E-state index contributed by atoms with van der Waals surface area (Å²) in [6.07, 6.45) is 5.88. The summed E-state index contributed by atoms with van der Waals surface area (Å²) in [7, 11) is -2.82. The predicted octanol–water partition coefficient (Wildman–Crippen LogP) is 2.22. The number of nitrogens with one attached hydrogen (secondary N) is 1. The molecule has 0 aromatic rings. The minimum absolute atomic E-state index is 0.290. The lowest BCUT2D eigenvalue weighted by molar-refractivity contribution is 0.195. The van der Waals surface area contributed by atoms with Crippen molar-refractivity contribution in [2.24, 2.45) is 11.8 Å². The number of rotatable bonds is 5.